The summed E-state index contributed by atoms with van der Waals surface area (Å²) in [5.41, 5.74) is 6.29. The fourth-order valence-electron chi connectivity index (χ4n) is 1.50. The van der Waals surface area contributed by atoms with E-state index in [4.69, 9.17) is 15.2 Å². The Labute approximate surface area is 103 Å². The highest BCUT2D eigenvalue weighted by Gasteiger charge is 2.11. The average molecular weight is 253 g/mol. The molecule has 2 aromatic heterocycles. The number of fused-ring (bicyclic) bond motifs is 1. The minimum atomic E-state index is -0.418. The summed E-state index contributed by atoms with van der Waals surface area (Å²) in [4.78, 5) is 19.6. The number of ether oxygens (including phenoxy) is 2. The third kappa shape index (κ3) is 2.20. The monoisotopic (exact) mass is 253 g/mol. The molecule has 0 aliphatic carbocycles. The molecule has 0 unspecified atom stereocenters. The zero-order valence-electron chi connectivity index (χ0n) is 10.3. The molecule has 0 aliphatic heterocycles. The van der Waals surface area contributed by atoms with Crippen molar-refractivity contribution in [3.63, 3.8) is 0 Å². The molecule has 0 bridgehead atoms. The van der Waals surface area contributed by atoms with Crippen molar-refractivity contribution >= 4 is 17.0 Å². The third-order valence-corrected chi connectivity index (χ3v) is 2.56. The number of hydrogen-bond donors (Lipinski definition) is 1. The van der Waals surface area contributed by atoms with E-state index in [0.29, 0.717) is 30.2 Å². The molecule has 0 fully saturated rings. The number of nitrogens with two attached hydrogens (primary N) is 1. The van der Waals surface area contributed by atoms with Crippen LogP contribution in [0, 0.1) is 0 Å². The zero-order valence-corrected chi connectivity index (χ0v) is 10.3. The van der Waals surface area contributed by atoms with Crippen molar-refractivity contribution in [1.29, 1.82) is 0 Å². The largest absolute Gasteiger partial charge is 0.383 e. The summed E-state index contributed by atoms with van der Waals surface area (Å²) in [6.07, 6.45) is 1.54. The molecule has 0 saturated heterocycles. The summed E-state index contributed by atoms with van der Waals surface area (Å²) in [5.74, 6) is 0.292. The Morgan fingerprint density at radius 3 is 2.94 bits per heavy atom. The fourth-order valence-corrected chi connectivity index (χ4v) is 1.50. The van der Waals surface area contributed by atoms with Crippen LogP contribution in [0.5, 0.6) is 0 Å². The van der Waals surface area contributed by atoms with Crippen molar-refractivity contribution in [2.45, 2.75) is 6.73 Å². The van der Waals surface area contributed by atoms with Gasteiger partial charge in [0.2, 0.25) is 0 Å². The maximum Gasteiger partial charge on any atom is 0.350 e. The van der Waals surface area contributed by atoms with Crippen molar-refractivity contribution in [3.8, 4) is 0 Å². The lowest BCUT2D eigenvalue weighted by Crippen LogP contribution is -2.23. The lowest BCUT2D eigenvalue weighted by molar-refractivity contribution is 0.0356. The van der Waals surface area contributed by atoms with Crippen LogP contribution in [0.2, 0.25) is 0 Å². The predicted octanol–water partition coefficient (Wildman–Crippen LogP) is -0.667. The summed E-state index contributed by atoms with van der Waals surface area (Å²) in [5, 5.41) is 0. The van der Waals surface area contributed by atoms with E-state index < -0.39 is 5.69 Å². The lowest BCUT2D eigenvalue weighted by Gasteiger charge is -2.06. The minimum Gasteiger partial charge on any atom is -0.383 e. The van der Waals surface area contributed by atoms with Crippen LogP contribution in [0.4, 0.5) is 5.82 Å². The molecule has 8 heteroatoms. The second-order valence-electron chi connectivity index (χ2n) is 3.76. The Morgan fingerprint density at radius 2 is 2.22 bits per heavy atom. The predicted molar refractivity (Wildman–Crippen MR) is 65.0 cm³/mol. The van der Waals surface area contributed by atoms with E-state index >= 15 is 0 Å². The molecule has 0 saturated carbocycles. The van der Waals surface area contributed by atoms with E-state index in [0.717, 1.165) is 0 Å². The van der Waals surface area contributed by atoms with Gasteiger partial charge in [0, 0.05) is 14.2 Å². The van der Waals surface area contributed by atoms with Gasteiger partial charge in [0.25, 0.3) is 0 Å². The number of anilines is 1. The number of methoxy groups -OCH3 is 1. The number of aromatic nitrogens is 4. The summed E-state index contributed by atoms with van der Waals surface area (Å²) in [6.45, 7) is 1.21. The molecular weight excluding hydrogens is 238 g/mol. The van der Waals surface area contributed by atoms with Gasteiger partial charge in [0.15, 0.2) is 5.65 Å². The normalized spacial score (nSPS) is 11.2. The van der Waals surface area contributed by atoms with Gasteiger partial charge >= 0.3 is 5.69 Å². The quantitative estimate of drug-likeness (QED) is 0.710. The second kappa shape index (κ2) is 5.15. The van der Waals surface area contributed by atoms with E-state index in [2.05, 4.69) is 9.97 Å². The van der Waals surface area contributed by atoms with E-state index in [9.17, 15) is 4.79 Å². The summed E-state index contributed by atoms with van der Waals surface area (Å²) in [6, 6.07) is 0. The second-order valence-corrected chi connectivity index (χ2v) is 3.76. The Bertz CT molecular complexity index is 603. The van der Waals surface area contributed by atoms with Gasteiger partial charge in [-0.25, -0.2) is 9.78 Å². The molecule has 2 aromatic rings. The molecule has 2 rings (SSSR count). The van der Waals surface area contributed by atoms with Crippen LogP contribution in [-0.2, 0) is 23.3 Å². The van der Waals surface area contributed by atoms with Crippen LogP contribution in [0.3, 0.4) is 0 Å². The number of imidazole rings is 1. The Hall–Kier alpha value is -1.93. The van der Waals surface area contributed by atoms with Crippen LogP contribution < -0.4 is 11.4 Å². The zero-order chi connectivity index (χ0) is 13.1. The van der Waals surface area contributed by atoms with Crippen LogP contribution in [0.25, 0.3) is 11.2 Å². The van der Waals surface area contributed by atoms with Crippen molar-refractivity contribution in [2.75, 3.05) is 26.1 Å². The molecule has 0 radical (unpaired) electrons. The van der Waals surface area contributed by atoms with Gasteiger partial charge in [-0.3, -0.25) is 9.13 Å². The third-order valence-electron chi connectivity index (χ3n) is 2.56. The molecule has 8 nitrogen and oxygen atoms in total. The van der Waals surface area contributed by atoms with Gasteiger partial charge in [0.05, 0.1) is 19.5 Å². The molecule has 18 heavy (non-hydrogen) atoms. The molecule has 0 atom stereocenters. The first-order valence-electron chi connectivity index (χ1n) is 5.39. The van der Waals surface area contributed by atoms with Gasteiger partial charge in [-0.2, -0.15) is 4.98 Å². The summed E-state index contributed by atoms with van der Waals surface area (Å²) >= 11 is 0. The lowest BCUT2D eigenvalue weighted by atomic mass is 10.5. The molecule has 0 spiro atoms. The molecule has 2 N–H and O–H groups in total. The Kier molecular flexibility index (Phi) is 3.58. The fraction of sp³-hybridized carbons (Fsp3) is 0.500. The highest BCUT2D eigenvalue weighted by atomic mass is 16.5. The molecule has 98 valence electrons. The maximum atomic E-state index is 11.6. The first-order chi connectivity index (χ1) is 8.65. The van der Waals surface area contributed by atoms with Crippen molar-refractivity contribution in [1.82, 2.24) is 19.1 Å². The standard InChI is InChI=1S/C10H15N5O3/c1-14-8(11)7-9(13-10(14)16)15(5-12-7)6-18-4-3-17-2/h5H,3-4,6,11H2,1-2H3. The van der Waals surface area contributed by atoms with Crippen LogP contribution in [0.15, 0.2) is 11.1 Å². The van der Waals surface area contributed by atoms with Crippen LogP contribution in [-0.4, -0.2) is 39.4 Å². The number of rotatable bonds is 5. The van der Waals surface area contributed by atoms with E-state index in [1.807, 2.05) is 0 Å². The van der Waals surface area contributed by atoms with Crippen LogP contribution >= 0.6 is 0 Å². The molecular formula is C10H15N5O3. The van der Waals surface area contributed by atoms with Crippen molar-refractivity contribution in [2.24, 2.45) is 7.05 Å². The molecule has 0 aliphatic rings. The Morgan fingerprint density at radius 1 is 1.44 bits per heavy atom. The Balaban J connectivity index is 2.28. The SMILES string of the molecule is COCCOCn1cnc2c(N)n(C)c(=O)nc21. The van der Waals surface area contributed by atoms with Crippen molar-refractivity contribution < 1.29 is 9.47 Å². The first-order valence-corrected chi connectivity index (χ1v) is 5.39. The van der Waals surface area contributed by atoms with Gasteiger partial charge < -0.3 is 15.2 Å². The van der Waals surface area contributed by atoms with Gasteiger partial charge in [-0.05, 0) is 0 Å². The summed E-state index contributed by atoms with van der Waals surface area (Å²) < 4.78 is 13.1. The minimum absolute atomic E-state index is 0.249. The van der Waals surface area contributed by atoms with Gasteiger partial charge in [-0.15, -0.1) is 0 Å². The smallest absolute Gasteiger partial charge is 0.350 e. The number of nitrogens with zero attached hydrogens (tertiary/aromatic N) is 4. The topological polar surface area (TPSA) is 97.2 Å². The summed E-state index contributed by atoms with van der Waals surface area (Å²) in [7, 11) is 3.15. The average Bonchev–Trinajstić information content (AvgIpc) is 2.75. The van der Waals surface area contributed by atoms with E-state index in [-0.39, 0.29) is 6.73 Å². The van der Waals surface area contributed by atoms with Crippen LogP contribution in [0.1, 0.15) is 0 Å². The van der Waals surface area contributed by atoms with E-state index in [1.54, 1.807) is 25.1 Å². The molecule has 0 amide bonds. The van der Waals surface area contributed by atoms with Crippen molar-refractivity contribution in [3.05, 3.63) is 16.8 Å². The number of hydrogen-bond acceptors (Lipinski definition) is 6. The highest BCUT2D eigenvalue weighted by Crippen LogP contribution is 2.14. The molecule has 0 aromatic carbocycles. The molecule has 2 heterocycles. The van der Waals surface area contributed by atoms with Gasteiger partial charge in [0.1, 0.15) is 18.1 Å². The number of nitrogen functional groups attached to an aromatic ring is 1. The first kappa shape index (κ1) is 12.5. The maximum absolute atomic E-state index is 11.6. The van der Waals surface area contributed by atoms with Gasteiger partial charge in [-0.1, -0.05) is 0 Å². The van der Waals surface area contributed by atoms with E-state index in [1.165, 1.54) is 4.57 Å². The highest BCUT2D eigenvalue weighted by molar-refractivity contribution is 5.81.